The molecule has 0 atom stereocenters. The molecule has 1 rings (SSSR count). The first-order valence-electron chi connectivity index (χ1n) is 4.25. The monoisotopic (exact) mass is 270 g/mol. The Kier molecular flexibility index (Phi) is 4.09. The standard InChI is InChI=1S/C9H9ClF2O3S/c1-6-3-2-4-7(5-16(10,13)14)8(6)15-9(11)12/h2-4,9H,5H2,1H3. The second kappa shape index (κ2) is 4.97. The Morgan fingerprint density at radius 3 is 2.56 bits per heavy atom. The van der Waals surface area contributed by atoms with E-state index in [1.807, 2.05) is 0 Å². The van der Waals surface area contributed by atoms with Crippen LogP contribution in [-0.4, -0.2) is 15.0 Å². The molecule has 0 saturated heterocycles. The Labute approximate surface area is 96.4 Å². The number of benzene rings is 1. The summed E-state index contributed by atoms with van der Waals surface area (Å²) in [6.45, 7) is -1.46. The van der Waals surface area contributed by atoms with Crippen LogP contribution < -0.4 is 4.74 Å². The van der Waals surface area contributed by atoms with Gasteiger partial charge in [0.05, 0.1) is 5.75 Å². The van der Waals surface area contributed by atoms with Crippen LogP contribution in [0.4, 0.5) is 8.78 Å². The van der Waals surface area contributed by atoms with Crippen LogP contribution >= 0.6 is 10.7 Å². The number of ether oxygens (including phenoxy) is 1. The Morgan fingerprint density at radius 1 is 1.44 bits per heavy atom. The van der Waals surface area contributed by atoms with Gasteiger partial charge in [0.15, 0.2) is 0 Å². The quantitative estimate of drug-likeness (QED) is 0.790. The fourth-order valence-electron chi connectivity index (χ4n) is 1.27. The van der Waals surface area contributed by atoms with Crippen LogP contribution in [0.25, 0.3) is 0 Å². The van der Waals surface area contributed by atoms with E-state index in [1.54, 1.807) is 19.1 Å². The molecular formula is C9H9ClF2O3S. The summed E-state index contributed by atoms with van der Waals surface area (Å²) < 4.78 is 50.2. The molecule has 16 heavy (non-hydrogen) atoms. The molecule has 0 N–H and O–H groups in total. The normalized spacial score (nSPS) is 11.8. The van der Waals surface area contributed by atoms with E-state index in [1.165, 1.54) is 6.07 Å². The SMILES string of the molecule is Cc1cccc(CS(=O)(=O)Cl)c1OC(F)F. The number of rotatable bonds is 4. The Balaban J connectivity index is 3.12. The van der Waals surface area contributed by atoms with E-state index in [0.717, 1.165) is 0 Å². The Bertz CT molecular complexity index is 474. The molecule has 0 saturated carbocycles. The largest absolute Gasteiger partial charge is 0.434 e. The molecule has 7 heteroatoms. The third kappa shape index (κ3) is 3.94. The van der Waals surface area contributed by atoms with E-state index in [9.17, 15) is 17.2 Å². The summed E-state index contributed by atoms with van der Waals surface area (Å²) in [5, 5.41) is 0. The molecule has 0 aliphatic carbocycles. The summed E-state index contributed by atoms with van der Waals surface area (Å²) in [5.74, 6) is -0.681. The predicted molar refractivity (Wildman–Crippen MR) is 56.3 cm³/mol. The summed E-state index contributed by atoms with van der Waals surface area (Å²) >= 11 is 0. The molecule has 1 aromatic carbocycles. The van der Waals surface area contributed by atoms with Gasteiger partial charge in [-0.1, -0.05) is 18.2 Å². The first-order chi connectivity index (χ1) is 7.29. The topological polar surface area (TPSA) is 43.4 Å². The van der Waals surface area contributed by atoms with Crippen LogP contribution in [-0.2, 0) is 14.8 Å². The summed E-state index contributed by atoms with van der Waals surface area (Å²) in [6.07, 6.45) is 0. The lowest BCUT2D eigenvalue weighted by Gasteiger charge is -2.12. The lowest BCUT2D eigenvalue weighted by molar-refractivity contribution is -0.0507. The summed E-state index contributed by atoms with van der Waals surface area (Å²) in [6, 6.07) is 4.47. The van der Waals surface area contributed by atoms with Gasteiger partial charge in [-0.15, -0.1) is 0 Å². The molecule has 90 valence electrons. The minimum atomic E-state index is -3.80. The Hall–Kier alpha value is -0.880. The van der Waals surface area contributed by atoms with Crippen LogP contribution in [0.1, 0.15) is 11.1 Å². The van der Waals surface area contributed by atoms with Gasteiger partial charge >= 0.3 is 6.61 Å². The maximum Gasteiger partial charge on any atom is 0.387 e. The van der Waals surface area contributed by atoms with Crippen LogP contribution in [0.15, 0.2) is 18.2 Å². The minimum Gasteiger partial charge on any atom is -0.434 e. The van der Waals surface area contributed by atoms with Crippen LogP contribution in [0.3, 0.4) is 0 Å². The molecule has 0 unspecified atom stereocenters. The number of halogens is 3. The molecule has 0 fully saturated rings. The highest BCUT2D eigenvalue weighted by Gasteiger charge is 2.16. The Morgan fingerprint density at radius 2 is 2.06 bits per heavy atom. The molecule has 0 spiro atoms. The van der Waals surface area contributed by atoms with Crippen molar-refractivity contribution in [3.05, 3.63) is 29.3 Å². The lowest BCUT2D eigenvalue weighted by Crippen LogP contribution is -2.07. The number of alkyl halides is 2. The van der Waals surface area contributed by atoms with E-state index in [2.05, 4.69) is 4.74 Å². The summed E-state index contributed by atoms with van der Waals surface area (Å²) in [4.78, 5) is 0. The number of hydrogen-bond donors (Lipinski definition) is 0. The average molecular weight is 271 g/mol. The predicted octanol–water partition coefficient (Wildman–Crippen LogP) is 2.67. The molecular weight excluding hydrogens is 262 g/mol. The van der Waals surface area contributed by atoms with Crippen molar-refractivity contribution in [1.29, 1.82) is 0 Å². The summed E-state index contributed by atoms with van der Waals surface area (Å²) in [7, 11) is 1.25. The fraction of sp³-hybridized carbons (Fsp3) is 0.333. The van der Waals surface area contributed by atoms with Gasteiger partial charge < -0.3 is 4.74 Å². The van der Waals surface area contributed by atoms with E-state index >= 15 is 0 Å². The van der Waals surface area contributed by atoms with Crippen molar-refractivity contribution in [3.8, 4) is 5.75 Å². The van der Waals surface area contributed by atoms with Gasteiger partial charge in [-0.3, -0.25) is 0 Å². The van der Waals surface area contributed by atoms with Crippen LogP contribution in [0, 0.1) is 6.92 Å². The molecule has 0 amide bonds. The first kappa shape index (κ1) is 13.2. The number of para-hydroxylation sites is 1. The molecule has 0 heterocycles. The maximum absolute atomic E-state index is 12.1. The van der Waals surface area contributed by atoms with Crippen molar-refractivity contribution in [1.82, 2.24) is 0 Å². The van der Waals surface area contributed by atoms with Crippen molar-refractivity contribution in [2.45, 2.75) is 19.3 Å². The van der Waals surface area contributed by atoms with Crippen molar-refractivity contribution in [3.63, 3.8) is 0 Å². The second-order valence-electron chi connectivity index (χ2n) is 3.12. The highest BCUT2D eigenvalue weighted by atomic mass is 35.7. The van der Waals surface area contributed by atoms with Crippen molar-refractivity contribution in [2.75, 3.05) is 0 Å². The highest BCUT2D eigenvalue weighted by molar-refractivity contribution is 8.13. The molecule has 0 radical (unpaired) electrons. The number of aryl methyl sites for hydroxylation is 1. The van der Waals surface area contributed by atoms with E-state index in [0.29, 0.717) is 5.56 Å². The second-order valence-corrected chi connectivity index (χ2v) is 5.90. The van der Waals surface area contributed by atoms with Gasteiger partial charge in [0.2, 0.25) is 9.05 Å². The molecule has 0 aliphatic heterocycles. The third-order valence-electron chi connectivity index (χ3n) is 1.83. The zero-order valence-electron chi connectivity index (χ0n) is 8.28. The highest BCUT2D eigenvalue weighted by Crippen LogP contribution is 2.27. The van der Waals surface area contributed by atoms with Crippen LogP contribution in [0.5, 0.6) is 5.75 Å². The van der Waals surface area contributed by atoms with Crippen molar-refractivity contribution >= 4 is 19.7 Å². The van der Waals surface area contributed by atoms with E-state index in [4.69, 9.17) is 10.7 Å². The van der Waals surface area contributed by atoms with Gasteiger partial charge in [-0.05, 0) is 12.5 Å². The van der Waals surface area contributed by atoms with Gasteiger partial charge in [-0.25, -0.2) is 8.42 Å². The zero-order valence-corrected chi connectivity index (χ0v) is 9.86. The van der Waals surface area contributed by atoms with Crippen molar-refractivity contribution < 1.29 is 21.9 Å². The molecule has 0 aromatic heterocycles. The zero-order chi connectivity index (χ0) is 12.3. The molecule has 3 nitrogen and oxygen atoms in total. The van der Waals surface area contributed by atoms with Gasteiger partial charge in [0.25, 0.3) is 0 Å². The van der Waals surface area contributed by atoms with Gasteiger partial charge in [0.1, 0.15) is 5.75 Å². The lowest BCUT2D eigenvalue weighted by atomic mass is 10.1. The molecule has 1 aromatic rings. The maximum atomic E-state index is 12.1. The van der Waals surface area contributed by atoms with E-state index < -0.39 is 21.4 Å². The number of hydrogen-bond acceptors (Lipinski definition) is 3. The molecule has 0 bridgehead atoms. The first-order valence-corrected chi connectivity index (χ1v) is 6.73. The minimum absolute atomic E-state index is 0.121. The van der Waals surface area contributed by atoms with Crippen LogP contribution in [0.2, 0.25) is 0 Å². The molecule has 0 aliphatic rings. The summed E-state index contributed by atoms with van der Waals surface area (Å²) in [5.41, 5.74) is 0.549. The van der Waals surface area contributed by atoms with Gasteiger partial charge in [-0.2, -0.15) is 8.78 Å². The average Bonchev–Trinajstić information content (AvgIpc) is 2.08. The van der Waals surface area contributed by atoms with Gasteiger partial charge in [0, 0.05) is 16.2 Å². The smallest absolute Gasteiger partial charge is 0.387 e. The van der Waals surface area contributed by atoms with E-state index in [-0.39, 0.29) is 11.3 Å². The van der Waals surface area contributed by atoms with Crippen molar-refractivity contribution in [2.24, 2.45) is 0 Å². The fourth-order valence-corrected chi connectivity index (χ4v) is 2.22. The third-order valence-corrected chi connectivity index (χ3v) is 2.81.